The Morgan fingerprint density at radius 3 is 1.46 bits per heavy atom. The SMILES string of the molecule is Fc1cccc(F)c1.O=S(=O)(F)F. The summed E-state index contributed by atoms with van der Waals surface area (Å²) in [7, 11) is -5.67. The highest BCUT2D eigenvalue weighted by atomic mass is 32.3. The second-order valence-electron chi connectivity index (χ2n) is 1.82. The summed E-state index contributed by atoms with van der Waals surface area (Å²) in [4.78, 5) is 0. The molecule has 13 heavy (non-hydrogen) atoms. The molecule has 0 spiro atoms. The molecule has 7 heteroatoms. The van der Waals surface area contributed by atoms with Crippen molar-refractivity contribution in [3.05, 3.63) is 35.9 Å². The molecule has 0 atom stereocenters. The molecule has 0 aliphatic rings. The van der Waals surface area contributed by atoms with E-state index in [0.717, 1.165) is 6.07 Å². The zero-order valence-corrected chi connectivity index (χ0v) is 6.86. The van der Waals surface area contributed by atoms with Gasteiger partial charge < -0.3 is 0 Å². The van der Waals surface area contributed by atoms with Crippen LogP contribution in [0.4, 0.5) is 16.6 Å². The first kappa shape index (κ1) is 11.9. The van der Waals surface area contributed by atoms with Crippen LogP contribution in [0, 0.1) is 11.6 Å². The highest BCUT2D eigenvalue weighted by Crippen LogP contribution is 1.99. The number of hydrogen-bond acceptors (Lipinski definition) is 2. The largest absolute Gasteiger partial charge is 0.476 e. The zero-order chi connectivity index (χ0) is 10.5. The van der Waals surface area contributed by atoms with Crippen molar-refractivity contribution in [2.75, 3.05) is 0 Å². The minimum absolute atomic E-state index is 0.537. The second kappa shape index (κ2) is 4.80. The van der Waals surface area contributed by atoms with Gasteiger partial charge in [-0.05, 0) is 12.1 Å². The summed E-state index contributed by atoms with van der Waals surface area (Å²) < 4.78 is 60.4. The summed E-state index contributed by atoms with van der Waals surface area (Å²) in [6.07, 6.45) is 0. The van der Waals surface area contributed by atoms with Crippen molar-refractivity contribution in [2.45, 2.75) is 0 Å². The molecule has 1 rings (SSSR count). The van der Waals surface area contributed by atoms with E-state index in [9.17, 15) is 16.6 Å². The van der Waals surface area contributed by atoms with Crippen LogP contribution in [-0.4, -0.2) is 8.42 Å². The third-order valence-corrected chi connectivity index (χ3v) is 0.787. The van der Waals surface area contributed by atoms with Crippen molar-refractivity contribution in [3.8, 4) is 0 Å². The van der Waals surface area contributed by atoms with Crippen LogP contribution in [0.15, 0.2) is 24.3 Å². The molecule has 0 unspecified atom stereocenters. The van der Waals surface area contributed by atoms with Crippen molar-refractivity contribution < 1.29 is 25.0 Å². The van der Waals surface area contributed by atoms with Gasteiger partial charge in [0.1, 0.15) is 11.6 Å². The van der Waals surface area contributed by atoms with Crippen molar-refractivity contribution in [2.24, 2.45) is 0 Å². The maximum absolute atomic E-state index is 11.9. The molecule has 0 saturated carbocycles. The van der Waals surface area contributed by atoms with Gasteiger partial charge in [0, 0.05) is 6.07 Å². The third-order valence-electron chi connectivity index (χ3n) is 0.787. The van der Waals surface area contributed by atoms with Crippen molar-refractivity contribution in [1.29, 1.82) is 0 Å². The minimum atomic E-state index is -5.67. The highest BCUT2D eigenvalue weighted by Gasteiger charge is 1.94. The maximum Gasteiger partial charge on any atom is 0.476 e. The Hall–Kier alpha value is -1.11. The lowest BCUT2D eigenvalue weighted by atomic mass is 10.3. The second-order valence-corrected chi connectivity index (χ2v) is 2.57. The molecule has 0 bridgehead atoms. The Labute approximate surface area is 72.3 Å². The van der Waals surface area contributed by atoms with Gasteiger partial charge >= 0.3 is 10.6 Å². The Morgan fingerprint density at radius 1 is 1.00 bits per heavy atom. The lowest BCUT2D eigenvalue weighted by Gasteiger charge is -1.84. The number of rotatable bonds is 0. The van der Waals surface area contributed by atoms with Gasteiger partial charge in [-0.15, -0.1) is 0 Å². The predicted octanol–water partition coefficient (Wildman–Crippen LogP) is 2.14. The van der Waals surface area contributed by atoms with Gasteiger partial charge in [-0.25, -0.2) is 8.78 Å². The van der Waals surface area contributed by atoms with E-state index in [-0.39, 0.29) is 0 Å². The summed E-state index contributed by atoms with van der Waals surface area (Å²) in [5.74, 6) is -1.07. The first-order valence-corrected chi connectivity index (χ1v) is 4.13. The van der Waals surface area contributed by atoms with Crippen molar-refractivity contribution in [3.63, 3.8) is 0 Å². The Balaban J connectivity index is 0.000000252. The summed E-state index contributed by atoms with van der Waals surface area (Å²) >= 11 is 0. The zero-order valence-electron chi connectivity index (χ0n) is 6.05. The van der Waals surface area contributed by atoms with Crippen LogP contribution in [-0.2, 0) is 10.6 Å². The first-order chi connectivity index (χ1) is 5.79. The molecule has 0 aliphatic heterocycles. The Bertz CT molecular complexity index is 337. The molecule has 1 aromatic carbocycles. The van der Waals surface area contributed by atoms with Crippen molar-refractivity contribution in [1.82, 2.24) is 0 Å². The van der Waals surface area contributed by atoms with Gasteiger partial charge in [0.15, 0.2) is 0 Å². The molecule has 0 N–H and O–H groups in total. The summed E-state index contributed by atoms with van der Waals surface area (Å²) in [5, 5.41) is 0. The topological polar surface area (TPSA) is 34.1 Å². The van der Waals surface area contributed by atoms with Gasteiger partial charge in [0.25, 0.3) is 0 Å². The molecule has 0 amide bonds. The van der Waals surface area contributed by atoms with Gasteiger partial charge in [0.2, 0.25) is 0 Å². The number of hydrogen-bond donors (Lipinski definition) is 0. The molecule has 0 heterocycles. The minimum Gasteiger partial charge on any atom is -0.207 e. The fourth-order valence-corrected chi connectivity index (χ4v) is 0.460. The molecule has 0 radical (unpaired) electrons. The van der Waals surface area contributed by atoms with Crippen LogP contribution in [0.3, 0.4) is 0 Å². The molecule has 1 aromatic rings. The van der Waals surface area contributed by atoms with Crippen LogP contribution in [0.5, 0.6) is 0 Å². The fraction of sp³-hybridized carbons (Fsp3) is 0. The third kappa shape index (κ3) is 10.9. The molecule has 0 fully saturated rings. The van der Waals surface area contributed by atoms with Gasteiger partial charge in [0.05, 0.1) is 0 Å². The highest BCUT2D eigenvalue weighted by molar-refractivity contribution is 7.81. The molecule has 0 aromatic heterocycles. The average Bonchev–Trinajstić information content (AvgIpc) is 1.81. The quantitative estimate of drug-likeness (QED) is 0.491. The lowest BCUT2D eigenvalue weighted by molar-refractivity contribution is 0.501. The number of benzene rings is 1. The van der Waals surface area contributed by atoms with E-state index in [1.807, 2.05) is 0 Å². The normalized spacial score (nSPS) is 10.2. The molecular weight excluding hydrogens is 212 g/mol. The van der Waals surface area contributed by atoms with Crippen LogP contribution < -0.4 is 0 Å². The Morgan fingerprint density at radius 2 is 1.31 bits per heavy atom. The smallest absolute Gasteiger partial charge is 0.207 e. The van der Waals surface area contributed by atoms with E-state index in [1.165, 1.54) is 18.2 Å². The molecule has 2 nitrogen and oxygen atoms in total. The van der Waals surface area contributed by atoms with E-state index in [4.69, 9.17) is 8.42 Å². The number of halogens is 4. The molecule has 74 valence electrons. The summed E-state index contributed by atoms with van der Waals surface area (Å²) in [5.41, 5.74) is 0. The Kier molecular flexibility index (Phi) is 4.39. The summed E-state index contributed by atoms with van der Waals surface area (Å²) in [6.45, 7) is 0. The van der Waals surface area contributed by atoms with Gasteiger partial charge in [-0.3, -0.25) is 0 Å². The molecule has 0 aliphatic carbocycles. The van der Waals surface area contributed by atoms with E-state index in [1.54, 1.807) is 0 Å². The van der Waals surface area contributed by atoms with Crippen LogP contribution in [0.25, 0.3) is 0 Å². The molecular formula is C6H4F4O2S. The fourth-order valence-electron chi connectivity index (χ4n) is 0.460. The van der Waals surface area contributed by atoms with E-state index in [0.29, 0.717) is 0 Å². The van der Waals surface area contributed by atoms with E-state index < -0.39 is 22.2 Å². The van der Waals surface area contributed by atoms with Crippen molar-refractivity contribution >= 4 is 10.6 Å². The lowest BCUT2D eigenvalue weighted by Crippen LogP contribution is -1.73. The van der Waals surface area contributed by atoms with Crippen LogP contribution >= 0.6 is 0 Å². The van der Waals surface area contributed by atoms with E-state index >= 15 is 0 Å². The predicted molar refractivity (Wildman–Crippen MR) is 37.5 cm³/mol. The van der Waals surface area contributed by atoms with Crippen LogP contribution in [0.1, 0.15) is 0 Å². The maximum atomic E-state index is 11.9. The van der Waals surface area contributed by atoms with Crippen LogP contribution in [0.2, 0.25) is 0 Å². The van der Waals surface area contributed by atoms with E-state index in [2.05, 4.69) is 0 Å². The van der Waals surface area contributed by atoms with Gasteiger partial charge in [-0.1, -0.05) is 13.8 Å². The monoisotopic (exact) mass is 216 g/mol. The molecule has 0 saturated heterocycles. The van der Waals surface area contributed by atoms with Gasteiger partial charge in [-0.2, -0.15) is 8.42 Å². The first-order valence-electron chi connectivity index (χ1n) is 2.84. The summed E-state index contributed by atoms with van der Waals surface area (Å²) in [6, 6.07) is 4.55. The standard InChI is InChI=1S/C6H4F2.F2O2S/c7-5-2-1-3-6(8)4-5;1-5(2,3)4/h1-4H;. The average molecular weight is 216 g/mol.